The smallest absolute Gasteiger partial charge is 0.278 e. The summed E-state index contributed by atoms with van der Waals surface area (Å²) in [5.74, 6) is -0.280. The number of aryl methyl sites for hydroxylation is 2. The lowest BCUT2D eigenvalue weighted by Crippen LogP contribution is -2.15. The highest BCUT2D eigenvalue weighted by Gasteiger charge is 2.19. The van der Waals surface area contributed by atoms with Crippen molar-refractivity contribution < 1.29 is 4.79 Å². The Kier molecular flexibility index (Phi) is 4.59. The quantitative estimate of drug-likeness (QED) is 0.758. The van der Waals surface area contributed by atoms with E-state index in [1.54, 1.807) is 4.68 Å². The highest BCUT2D eigenvalue weighted by Crippen LogP contribution is 2.22. The minimum Gasteiger partial charge on any atom is -0.320 e. The maximum atomic E-state index is 12.6. The van der Waals surface area contributed by atoms with Crippen LogP contribution in [-0.4, -0.2) is 20.9 Å². The van der Waals surface area contributed by atoms with E-state index in [4.69, 9.17) is 11.6 Å². The molecule has 0 radical (unpaired) electrons. The second-order valence-corrected chi connectivity index (χ2v) is 6.50. The van der Waals surface area contributed by atoms with Crippen molar-refractivity contribution in [3.8, 4) is 5.69 Å². The van der Waals surface area contributed by atoms with Crippen LogP contribution in [-0.2, 0) is 0 Å². The third-order valence-electron chi connectivity index (χ3n) is 4.36. The summed E-state index contributed by atoms with van der Waals surface area (Å²) in [5, 5.41) is 11.7. The van der Waals surface area contributed by atoms with Gasteiger partial charge in [0.25, 0.3) is 5.91 Å². The van der Waals surface area contributed by atoms with Gasteiger partial charge in [-0.3, -0.25) is 4.79 Å². The van der Waals surface area contributed by atoms with E-state index in [2.05, 4.69) is 15.6 Å². The van der Waals surface area contributed by atoms with Gasteiger partial charge in [-0.2, -0.15) is 0 Å². The average molecular weight is 355 g/mol. The molecule has 0 aliphatic carbocycles. The first-order chi connectivity index (χ1) is 11.9. The lowest BCUT2D eigenvalue weighted by Gasteiger charge is -2.10. The first-order valence-electron chi connectivity index (χ1n) is 7.95. The summed E-state index contributed by atoms with van der Waals surface area (Å²) in [6.07, 6.45) is 0. The Bertz CT molecular complexity index is 962. The molecule has 3 aromatic rings. The van der Waals surface area contributed by atoms with Gasteiger partial charge in [0.1, 0.15) is 0 Å². The van der Waals surface area contributed by atoms with Gasteiger partial charge in [0.05, 0.1) is 11.4 Å². The Hall–Kier alpha value is -2.66. The third-order valence-corrected chi connectivity index (χ3v) is 4.60. The Balaban J connectivity index is 1.94. The summed E-state index contributed by atoms with van der Waals surface area (Å²) in [5.41, 5.74) is 5.69. The Morgan fingerprint density at radius 1 is 1.08 bits per heavy atom. The summed E-state index contributed by atoms with van der Waals surface area (Å²) >= 11 is 6.09. The molecule has 5 nitrogen and oxygen atoms in total. The van der Waals surface area contributed by atoms with Crippen molar-refractivity contribution in [1.82, 2.24) is 15.0 Å². The van der Waals surface area contributed by atoms with E-state index in [1.807, 2.05) is 64.1 Å². The topological polar surface area (TPSA) is 59.8 Å². The first kappa shape index (κ1) is 17.2. The molecule has 0 fully saturated rings. The summed E-state index contributed by atoms with van der Waals surface area (Å²) in [6, 6.07) is 11.3. The lowest BCUT2D eigenvalue weighted by atomic mass is 10.1. The minimum absolute atomic E-state index is 0.280. The number of hydrogen-bond donors (Lipinski definition) is 1. The van der Waals surface area contributed by atoms with Gasteiger partial charge in [0.2, 0.25) is 0 Å². The van der Waals surface area contributed by atoms with Gasteiger partial charge < -0.3 is 5.32 Å². The maximum Gasteiger partial charge on any atom is 0.278 e. The molecule has 0 aliphatic rings. The van der Waals surface area contributed by atoms with E-state index >= 15 is 0 Å². The van der Waals surface area contributed by atoms with Crippen molar-refractivity contribution in [3.05, 3.63) is 69.5 Å². The second kappa shape index (κ2) is 6.69. The normalized spacial score (nSPS) is 10.8. The van der Waals surface area contributed by atoms with E-state index in [9.17, 15) is 4.79 Å². The molecule has 0 aliphatic heterocycles. The zero-order chi connectivity index (χ0) is 18.1. The van der Waals surface area contributed by atoms with Gasteiger partial charge in [-0.25, -0.2) is 4.68 Å². The van der Waals surface area contributed by atoms with Crippen molar-refractivity contribution in [3.63, 3.8) is 0 Å². The minimum atomic E-state index is -0.280. The summed E-state index contributed by atoms with van der Waals surface area (Å²) in [7, 11) is 0. The van der Waals surface area contributed by atoms with E-state index in [0.29, 0.717) is 16.4 Å². The van der Waals surface area contributed by atoms with Crippen LogP contribution in [0.3, 0.4) is 0 Å². The van der Waals surface area contributed by atoms with Crippen LogP contribution in [0.2, 0.25) is 5.02 Å². The van der Waals surface area contributed by atoms with Gasteiger partial charge in [-0.15, -0.1) is 5.10 Å². The largest absolute Gasteiger partial charge is 0.320 e. The van der Waals surface area contributed by atoms with Crippen molar-refractivity contribution in [2.45, 2.75) is 27.7 Å². The van der Waals surface area contributed by atoms with Crippen LogP contribution in [0.5, 0.6) is 0 Å². The number of nitrogens with zero attached hydrogens (tertiary/aromatic N) is 3. The molecule has 0 spiro atoms. The fourth-order valence-electron chi connectivity index (χ4n) is 2.65. The molecule has 1 amide bonds. The van der Waals surface area contributed by atoms with E-state index in [1.165, 1.54) is 0 Å². The van der Waals surface area contributed by atoms with Gasteiger partial charge in [-0.1, -0.05) is 35.0 Å². The highest BCUT2D eigenvalue weighted by atomic mass is 35.5. The number of aromatic nitrogens is 3. The average Bonchev–Trinajstić information content (AvgIpc) is 2.95. The van der Waals surface area contributed by atoms with Crippen LogP contribution in [0.4, 0.5) is 5.69 Å². The molecule has 1 heterocycles. The van der Waals surface area contributed by atoms with Crippen LogP contribution in [0.25, 0.3) is 5.69 Å². The number of amides is 1. The SMILES string of the molecule is Cc1ccc(Cl)cc1-n1nnc(C(=O)Nc2cccc(C)c2C)c1C. The molecule has 0 atom stereocenters. The fraction of sp³-hybridized carbons (Fsp3) is 0.211. The zero-order valence-corrected chi connectivity index (χ0v) is 15.3. The molecule has 1 N–H and O–H groups in total. The number of halogens is 1. The van der Waals surface area contributed by atoms with Crippen LogP contribution >= 0.6 is 11.6 Å². The summed E-state index contributed by atoms with van der Waals surface area (Å²) < 4.78 is 1.64. The Morgan fingerprint density at radius 3 is 2.60 bits per heavy atom. The van der Waals surface area contributed by atoms with Crippen molar-refractivity contribution >= 4 is 23.2 Å². The van der Waals surface area contributed by atoms with Crippen LogP contribution in [0.1, 0.15) is 32.9 Å². The van der Waals surface area contributed by atoms with Gasteiger partial charge in [0.15, 0.2) is 5.69 Å². The number of carbonyl (C=O) groups is 1. The van der Waals surface area contributed by atoms with Crippen LogP contribution in [0, 0.1) is 27.7 Å². The summed E-state index contributed by atoms with van der Waals surface area (Å²) in [4.78, 5) is 12.6. The van der Waals surface area contributed by atoms with Crippen LogP contribution < -0.4 is 5.32 Å². The van der Waals surface area contributed by atoms with Crippen molar-refractivity contribution in [1.29, 1.82) is 0 Å². The highest BCUT2D eigenvalue weighted by molar-refractivity contribution is 6.30. The molecule has 3 rings (SSSR count). The van der Waals surface area contributed by atoms with E-state index in [0.717, 1.165) is 28.1 Å². The number of nitrogens with one attached hydrogen (secondary N) is 1. The number of benzene rings is 2. The molecule has 2 aromatic carbocycles. The molecule has 128 valence electrons. The van der Waals surface area contributed by atoms with Gasteiger partial charge in [-0.05, 0) is 62.6 Å². The van der Waals surface area contributed by atoms with Gasteiger partial charge >= 0.3 is 0 Å². The van der Waals surface area contributed by atoms with E-state index < -0.39 is 0 Å². The molecule has 0 saturated carbocycles. The molecule has 6 heteroatoms. The predicted octanol–water partition coefficient (Wildman–Crippen LogP) is 4.41. The van der Waals surface area contributed by atoms with Crippen molar-refractivity contribution in [2.75, 3.05) is 5.32 Å². The molecule has 0 saturated heterocycles. The summed E-state index contributed by atoms with van der Waals surface area (Å²) in [6.45, 7) is 7.76. The molecular weight excluding hydrogens is 336 g/mol. The fourth-order valence-corrected chi connectivity index (χ4v) is 2.81. The number of rotatable bonds is 3. The van der Waals surface area contributed by atoms with E-state index in [-0.39, 0.29) is 5.91 Å². The number of hydrogen-bond acceptors (Lipinski definition) is 3. The van der Waals surface area contributed by atoms with Crippen molar-refractivity contribution in [2.24, 2.45) is 0 Å². The lowest BCUT2D eigenvalue weighted by molar-refractivity contribution is 0.102. The zero-order valence-electron chi connectivity index (χ0n) is 14.6. The first-order valence-corrected chi connectivity index (χ1v) is 8.32. The molecular formula is C19H19ClN4O. The monoisotopic (exact) mass is 354 g/mol. The molecule has 0 bridgehead atoms. The Labute approximate surface area is 151 Å². The molecule has 25 heavy (non-hydrogen) atoms. The van der Waals surface area contributed by atoms with Gasteiger partial charge in [0, 0.05) is 10.7 Å². The second-order valence-electron chi connectivity index (χ2n) is 6.07. The predicted molar refractivity (Wildman–Crippen MR) is 99.7 cm³/mol. The molecule has 1 aromatic heterocycles. The molecule has 0 unspecified atom stereocenters. The van der Waals surface area contributed by atoms with Crippen LogP contribution in [0.15, 0.2) is 36.4 Å². The number of anilines is 1. The Morgan fingerprint density at radius 2 is 1.84 bits per heavy atom. The third kappa shape index (κ3) is 3.28. The number of carbonyl (C=O) groups excluding carboxylic acids is 1. The maximum absolute atomic E-state index is 12.6. The standard InChI is InChI=1S/C19H19ClN4O/c1-11-6-5-7-16(13(11)3)21-19(25)18-14(4)24(23-22-18)17-10-15(20)9-8-12(17)2/h5-10H,1-4H3,(H,21,25).